The van der Waals surface area contributed by atoms with Crippen LogP contribution in [0.25, 0.3) is 11.0 Å². The molecule has 2 nitrogen and oxygen atoms in total. The number of fused-ring (bicyclic) bond motifs is 1. The van der Waals surface area contributed by atoms with E-state index in [2.05, 4.69) is 11.4 Å². The van der Waals surface area contributed by atoms with Gasteiger partial charge in [0.15, 0.2) is 0 Å². The van der Waals surface area contributed by atoms with Gasteiger partial charge < -0.3 is 9.73 Å². The van der Waals surface area contributed by atoms with Crippen LogP contribution in [0, 0.1) is 0 Å². The first-order valence-electron chi connectivity index (χ1n) is 5.63. The molecule has 2 aromatic rings. The second-order valence-electron chi connectivity index (χ2n) is 3.80. The average Bonchev–Trinajstić information content (AvgIpc) is 2.73. The van der Waals surface area contributed by atoms with Crippen LogP contribution in [0.5, 0.6) is 0 Å². The first kappa shape index (κ1) is 11.5. The molecule has 0 fully saturated rings. The molecule has 1 aromatic heterocycles. The highest BCUT2D eigenvalue weighted by Gasteiger charge is 2.03. The quantitative estimate of drug-likeness (QED) is 0.617. The number of halogens is 1. The van der Waals surface area contributed by atoms with Crippen LogP contribution >= 0.6 is 11.6 Å². The van der Waals surface area contributed by atoms with E-state index in [0.29, 0.717) is 0 Å². The van der Waals surface area contributed by atoms with Crippen LogP contribution in [0.1, 0.15) is 12.0 Å². The number of nitrogens with one attached hydrogen (secondary N) is 1. The van der Waals surface area contributed by atoms with Crippen LogP contribution in [-0.4, -0.2) is 19.0 Å². The summed E-state index contributed by atoms with van der Waals surface area (Å²) >= 11 is 5.60. The predicted molar refractivity (Wildman–Crippen MR) is 68.1 cm³/mol. The van der Waals surface area contributed by atoms with Crippen molar-refractivity contribution in [1.82, 2.24) is 5.32 Å². The van der Waals surface area contributed by atoms with Gasteiger partial charge in [-0.25, -0.2) is 0 Å². The van der Waals surface area contributed by atoms with Gasteiger partial charge in [0.1, 0.15) is 5.58 Å². The van der Waals surface area contributed by atoms with E-state index in [1.807, 2.05) is 24.5 Å². The van der Waals surface area contributed by atoms with E-state index in [1.54, 1.807) is 0 Å². The largest absolute Gasteiger partial charge is 0.464 e. The lowest BCUT2D eigenvalue weighted by Crippen LogP contribution is -2.18. The molecule has 0 spiro atoms. The van der Waals surface area contributed by atoms with Crippen molar-refractivity contribution in [3.8, 4) is 0 Å². The SMILES string of the molecule is ClCCCNCCc1coc2ccccc12. The molecule has 0 amide bonds. The smallest absolute Gasteiger partial charge is 0.134 e. The zero-order valence-electron chi connectivity index (χ0n) is 9.21. The van der Waals surface area contributed by atoms with Crippen molar-refractivity contribution in [3.05, 3.63) is 36.1 Å². The Morgan fingerprint density at radius 3 is 2.94 bits per heavy atom. The van der Waals surface area contributed by atoms with E-state index in [4.69, 9.17) is 16.0 Å². The van der Waals surface area contributed by atoms with Gasteiger partial charge in [-0.1, -0.05) is 18.2 Å². The van der Waals surface area contributed by atoms with Crippen molar-refractivity contribution in [2.45, 2.75) is 12.8 Å². The van der Waals surface area contributed by atoms with Crippen molar-refractivity contribution in [2.75, 3.05) is 19.0 Å². The van der Waals surface area contributed by atoms with Gasteiger partial charge in [-0.3, -0.25) is 0 Å². The van der Waals surface area contributed by atoms with Gasteiger partial charge in [-0.15, -0.1) is 11.6 Å². The molecular weight excluding hydrogens is 222 g/mol. The van der Waals surface area contributed by atoms with Gasteiger partial charge in [0.2, 0.25) is 0 Å². The minimum atomic E-state index is 0.724. The van der Waals surface area contributed by atoms with Gasteiger partial charge in [-0.2, -0.15) is 0 Å². The van der Waals surface area contributed by atoms with Crippen molar-refractivity contribution in [3.63, 3.8) is 0 Å². The molecule has 16 heavy (non-hydrogen) atoms. The van der Waals surface area contributed by atoms with E-state index in [0.717, 1.165) is 37.4 Å². The first-order chi connectivity index (χ1) is 7.92. The standard InChI is InChI=1S/C13H16ClNO/c14-7-3-8-15-9-6-11-10-16-13-5-2-1-4-12(11)13/h1-2,4-5,10,15H,3,6-9H2. The van der Waals surface area contributed by atoms with Crippen molar-refractivity contribution in [1.29, 1.82) is 0 Å². The third-order valence-electron chi connectivity index (χ3n) is 2.62. The maximum absolute atomic E-state index is 5.60. The molecule has 0 aliphatic heterocycles. The fourth-order valence-corrected chi connectivity index (χ4v) is 1.90. The highest BCUT2D eigenvalue weighted by molar-refractivity contribution is 6.17. The summed E-state index contributed by atoms with van der Waals surface area (Å²) in [6.07, 6.45) is 3.88. The van der Waals surface area contributed by atoms with Crippen LogP contribution < -0.4 is 5.32 Å². The molecule has 3 heteroatoms. The maximum Gasteiger partial charge on any atom is 0.134 e. The van der Waals surface area contributed by atoms with Crippen LogP contribution in [0.3, 0.4) is 0 Å². The number of furan rings is 1. The monoisotopic (exact) mass is 237 g/mol. The Bertz CT molecular complexity index is 438. The number of hydrogen-bond donors (Lipinski definition) is 1. The summed E-state index contributed by atoms with van der Waals surface area (Å²) in [6, 6.07) is 8.14. The minimum absolute atomic E-state index is 0.724. The second-order valence-corrected chi connectivity index (χ2v) is 4.18. The van der Waals surface area contributed by atoms with Gasteiger partial charge >= 0.3 is 0 Å². The molecular formula is C13H16ClNO. The summed E-state index contributed by atoms with van der Waals surface area (Å²) in [6.45, 7) is 1.96. The molecule has 0 bridgehead atoms. The Kier molecular flexibility index (Phi) is 4.25. The average molecular weight is 238 g/mol. The summed E-state index contributed by atoms with van der Waals surface area (Å²) in [4.78, 5) is 0. The molecule has 86 valence electrons. The summed E-state index contributed by atoms with van der Waals surface area (Å²) in [7, 11) is 0. The van der Waals surface area contributed by atoms with Crippen LogP contribution in [0.15, 0.2) is 34.9 Å². The summed E-state index contributed by atoms with van der Waals surface area (Å²) < 4.78 is 5.48. The molecule has 0 aliphatic rings. The Morgan fingerprint density at radius 1 is 1.19 bits per heavy atom. The van der Waals surface area contributed by atoms with Gasteiger partial charge in [0, 0.05) is 11.3 Å². The molecule has 0 atom stereocenters. The normalized spacial score (nSPS) is 11.1. The maximum atomic E-state index is 5.60. The van der Waals surface area contributed by atoms with Crippen LogP contribution in [0.2, 0.25) is 0 Å². The molecule has 1 aromatic carbocycles. The zero-order chi connectivity index (χ0) is 11.2. The number of rotatable bonds is 6. The molecule has 0 saturated carbocycles. The number of alkyl halides is 1. The Hall–Kier alpha value is -0.990. The summed E-state index contributed by atoms with van der Waals surface area (Å²) in [5, 5.41) is 4.59. The third kappa shape index (κ3) is 2.77. The van der Waals surface area contributed by atoms with E-state index in [-0.39, 0.29) is 0 Å². The second kappa shape index (κ2) is 5.92. The lowest BCUT2D eigenvalue weighted by Gasteiger charge is -2.01. The van der Waals surface area contributed by atoms with E-state index in [9.17, 15) is 0 Å². The lowest BCUT2D eigenvalue weighted by molar-refractivity contribution is 0.605. The van der Waals surface area contributed by atoms with Crippen molar-refractivity contribution >= 4 is 22.6 Å². The fraction of sp³-hybridized carbons (Fsp3) is 0.385. The molecule has 1 heterocycles. The third-order valence-corrected chi connectivity index (χ3v) is 2.89. The number of benzene rings is 1. The van der Waals surface area contributed by atoms with Crippen LogP contribution in [-0.2, 0) is 6.42 Å². The van der Waals surface area contributed by atoms with Crippen LogP contribution in [0.4, 0.5) is 0 Å². The van der Waals surface area contributed by atoms with E-state index in [1.165, 1.54) is 10.9 Å². The molecule has 0 unspecified atom stereocenters. The lowest BCUT2D eigenvalue weighted by atomic mass is 10.1. The first-order valence-corrected chi connectivity index (χ1v) is 6.17. The summed E-state index contributed by atoms with van der Waals surface area (Å²) in [5.41, 5.74) is 2.24. The van der Waals surface area contributed by atoms with Gasteiger partial charge in [0.25, 0.3) is 0 Å². The van der Waals surface area contributed by atoms with Crippen molar-refractivity contribution in [2.24, 2.45) is 0 Å². The highest BCUT2D eigenvalue weighted by atomic mass is 35.5. The van der Waals surface area contributed by atoms with E-state index < -0.39 is 0 Å². The number of hydrogen-bond acceptors (Lipinski definition) is 2. The Balaban J connectivity index is 1.89. The molecule has 2 rings (SSSR count). The Labute approximate surface area is 101 Å². The highest BCUT2D eigenvalue weighted by Crippen LogP contribution is 2.20. The molecule has 0 saturated heterocycles. The molecule has 0 radical (unpaired) electrons. The molecule has 1 N–H and O–H groups in total. The molecule has 0 aliphatic carbocycles. The summed E-state index contributed by atoms with van der Waals surface area (Å²) in [5.74, 6) is 0.724. The number of para-hydroxylation sites is 1. The fourth-order valence-electron chi connectivity index (χ4n) is 1.77. The van der Waals surface area contributed by atoms with Crippen molar-refractivity contribution < 1.29 is 4.42 Å². The predicted octanol–water partition coefficient (Wildman–Crippen LogP) is 3.19. The van der Waals surface area contributed by atoms with E-state index >= 15 is 0 Å². The Morgan fingerprint density at radius 2 is 2.06 bits per heavy atom. The van der Waals surface area contributed by atoms with Gasteiger partial charge in [0.05, 0.1) is 6.26 Å². The topological polar surface area (TPSA) is 25.2 Å². The minimum Gasteiger partial charge on any atom is -0.464 e. The van der Waals surface area contributed by atoms with Gasteiger partial charge in [-0.05, 0) is 37.6 Å². The zero-order valence-corrected chi connectivity index (χ0v) is 9.96.